The minimum absolute atomic E-state index is 0.0841. The predicted molar refractivity (Wildman–Crippen MR) is 124 cm³/mol. The van der Waals surface area contributed by atoms with Crippen LogP contribution in [0.15, 0.2) is 30.3 Å². The van der Waals surface area contributed by atoms with Crippen molar-refractivity contribution in [2.45, 2.75) is 13.8 Å². The van der Waals surface area contributed by atoms with Gasteiger partial charge in [-0.1, -0.05) is 11.6 Å². The van der Waals surface area contributed by atoms with Gasteiger partial charge in [-0.15, -0.1) is 11.3 Å². The van der Waals surface area contributed by atoms with Gasteiger partial charge >= 0.3 is 11.9 Å². The molecule has 0 fully saturated rings. The second-order valence-electron chi connectivity index (χ2n) is 6.73. The highest BCUT2D eigenvalue weighted by atomic mass is 35.5. The molecule has 3 aromatic rings. The normalized spacial score (nSPS) is 10.5. The molecule has 0 bridgehead atoms. The van der Waals surface area contributed by atoms with Crippen molar-refractivity contribution in [2.75, 3.05) is 25.6 Å². The fourth-order valence-corrected chi connectivity index (χ4v) is 4.30. The quantitative estimate of drug-likeness (QED) is 0.384. The smallest absolute Gasteiger partial charge is 0.341 e. The summed E-state index contributed by atoms with van der Waals surface area (Å²) in [6, 6.07) is 8.04. The molecule has 33 heavy (non-hydrogen) atoms. The number of thiophene rings is 1. The predicted octanol–water partition coefficient (Wildman–Crippen LogP) is 3.59. The molecule has 2 heterocycles. The van der Waals surface area contributed by atoms with Gasteiger partial charge in [0.2, 0.25) is 0 Å². The number of nitrogens with one attached hydrogen (secondary N) is 2. The van der Waals surface area contributed by atoms with Gasteiger partial charge in [-0.2, -0.15) is 0 Å². The summed E-state index contributed by atoms with van der Waals surface area (Å²) in [5.74, 6) is -2.45. The molecule has 0 saturated heterocycles. The largest absolute Gasteiger partial charge is 0.462 e. The van der Waals surface area contributed by atoms with Crippen molar-refractivity contribution in [1.29, 1.82) is 0 Å². The van der Waals surface area contributed by atoms with Crippen LogP contribution in [-0.4, -0.2) is 49.0 Å². The zero-order chi connectivity index (χ0) is 24.1. The van der Waals surface area contributed by atoms with E-state index >= 15 is 0 Å². The summed E-state index contributed by atoms with van der Waals surface area (Å²) in [5, 5.41) is 6.18. The summed E-state index contributed by atoms with van der Waals surface area (Å²) in [7, 11) is 1.46. The number of ether oxygens (including phenoxy) is 2. The van der Waals surface area contributed by atoms with Crippen LogP contribution in [0.25, 0.3) is 10.9 Å². The van der Waals surface area contributed by atoms with E-state index in [1.54, 1.807) is 38.1 Å². The van der Waals surface area contributed by atoms with Crippen LogP contribution in [-0.2, 0) is 14.3 Å². The monoisotopic (exact) mass is 489 g/mol. The lowest BCUT2D eigenvalue weighted by Crippen LogP contribution is -2.21. The van der Waals surface area contributed by atoms with Crippen LogP contribution >= 0.6 is 22.9 Å². The van der Waals surface area contributed by atoms with Crippen LogP contribution in [0.4, 0.5) is 5.00 Å². The first-order valence-corrected chi connectivity index (χ1v) is 11.0. The van der Waals surface area contributed by atoms with E-state index in [0.29, 0.717) is 21.6 Å². The number of pyridine rings is 1. The van der Waals surface area contributed by atoms with Gasteiger partial charge in [0.25, 0.3) is 11.8 Å². The SMILES string of the molecule is CCOC(=O)c1c(NC(=O)COC(=O)c2ccc3nc(Cl)ccc3c2)sc(C(=O)NC)c1C. The molecule has 0 aliphatic heterocycles. The van der Waals surface area contributed by atoms with Gasteiger partial charge < -0.3 is 20.1 Å². The lowest BCUT2D eigenvalue weighted by Gasteiger charge is -2.08. The first-order valence-electron chi connectivity index (χ1n) is 9.81. The number of nitrogens with zero attached hydrogens (tertiary/aromatic N) is 1. The molecule has 1 aromatic carbocycles. The Morgan fingerprint density at radius 3 is 2.55 bits per heavy atom. The third-order valence-corrected chi connectivity index (χ3v) is 5.95. The van der Waals surface area contributed by atoms with Gasteiger partial charge in [0, 0.05) is 12.4 Å². The number of esters is 2. The highest BCUT2D eigenvalue weighted by molar-refractivity contribution is 7.18. The average molecular weight is 490 g/mol. The number of carbonyl (C=O) groups is 4. The summed E-state index contributed by atoms with van der Waals surface area (Å²) in [6.45, 7) is 2.77. The molecule has 0 radical (unpaired) electrons. The van der Waals surface area contributed by atoms with E-state index in [2.05, 4.69) is 15.6 Å². The fraction of sp³-hybridized carbons (Fsp3) is 0.227. The summed E-state index contributed by atoms with van der Waals surface area (Å²) in [5.41, 5.74) is 1.32. The van der Waals surface area contributed by atoms with E-state index < -0.39 is 30.4 Å². The van der Waals surface area contributed by atoms with Gasteiger partial charge in [0.05, 0.1) is 28.1 Å². The molecule has 0 unspecified atom stereocenters. The number of aromatic nitrogens is 1. The highest BCUT2D eigenvalue weighted by Gasteiger charge is 2.26. The van der Waals surface area contributed by atoms with E-state index in [9.17, 15) is 19.2 Å². The van der Waals surface area contributed by atoms with Gasteiger partial charge in [0.15, 0.2) is 6.61 Å². The van der Waals surface area contributed by atoms with Crippen molar-refractivity contribution >= 4 is 62.6 Å². The molecule has 0 spiro atoms. The molecule has 2 amide bonds. The van der Waals surface area contributed by atoms with Gasteiger partial charge in [-0.05, 0) is 49.7 Å². The molecular weight excluding hydrogens is 470 g/mol. The van der Waals surface area contributed by atoms with Crippen molar-refractivity contribution < 1.29 is 28.7 Å². The first kappa shape index (κ1) is 24.1. The summed E-state index contributed by atoms with van der Waals surface area (Å²) >= 11 is 6.79. The second-order valence-corrected chi connectivity index (χ2v) is 8.13. The minimum atomic E-state index is -0.707. The van der Waals surface area contributed by atoms with E-state index in [1.165, 1.54) is 13.1 Å². The number of hydrogen-bond donors (Lipinski definition) is 2. The van der Waals surface area contributed by atoms with Gasteiger partial charge in [0.1, 0.15) is 10.2 Å². The zero-order valence-electron chi connectivity index (χ0n) is 18.0. The number of anilines is 1. The second kappa shape index (κ2) is 10.4. The lowest BCUT2D eigenvalue weighted by molar-refractivity contribution is -0.119. The number of amides is 2. The van der Waals surface area contributed by atoms with Crippen molar-refractivity contribution in [3.05, 3.63) is 57.1 Å². The third-order valence-electron chi connectivity index (χ3n) is 4.54. The molecule has 172 valence electrons. The first-order chi connectivity index (χ1) is 15.7. The Morgan fingerprint density at radius 1 is 1.09 bits per heavy atom. The average Bonchev–Trinajstić information content (AvgIpc) is 3.12. The number of fused-ring (bicyclic) bond motifs is 1. The summed E-state index contributed by atoms with van der Waals surface area (Å²) in [6.07, 6.45) is 0. The van der Waals surface area contributed by atoms with Crippen molar-refractivity contribution in [3.63, 3.8) is 0 Å². The molecule has 0 aliphatic carbocycles. The third kappa shape index (κ3) is 5.47. The topological polar surface area (TPSA) is 124 Å². The van der Waals surface area contributed by atoms with E-state index in [1.807, 2.05) is 0 Å². The van der Waals surface area contributed by atoms with Gasteiger partial charge in [-0.3, -0.25) is 9.59 Å². The van der Waals surface area contributed by atoms with Crippen LogP contribution in [0.1, 0.15) is 42.9 Å². The molecular formula is C22H20ClN3O6S. The molecule has 0 aliphatic rings. The maximum absolute atomic E-state index is 12.4. The maximum Gasteiger partial charge on any atom is 0.341 e. The minimum Gasteiger partial charge on any atom is -0.462 e. The summed E-state index contributed by atoms with van der Waals surface area (Å²) in [4.78, 5) is 53.7. The molecule has 9 nitrogen and oxygen atoms in total. The Bertz CT molecular complexity index is 1260. The van der Waals surface area contributed by atoms with E-state index in [4.69, 9.17) is 21.1 Å². The zero-order valence-corrected chi connectivity index (χ0v) is 19.6. The summed E-state index contributed by atoms with van der Waals surface area (Å²) < 4.78 is 10.1. The number of halogens is 1. The van der Waals surface area contributed by atoms with Crippen LogP contribution in [0.5, 0.6) is 0 Å². The Kier molecular flexibility index (Phi) is 7.62. The molecule has 0 saturated carbocycles. The molecule has 0 atom stereocenters. The number of carbonyl (C=O) groups excluding carboxylic acids is 4. The molecule has 3 rings (SSSR count). The van der Waals surface area contributed by atoms with Crippen LogP contribution in [0.3, 0.4) is 0 Å². The van der Waals surface area contributed by atoms with Crippen molar-refractivity contribution in [1.82, 2.24) is 10.3 Å². The lowest BCUT2D eigenvalue weighted by atomic mass is 10.1. The standard InChI is InChI=1S/C22H20ClN3O6S/c1-4-31-22(30)17-11(2)18(19(28)24-3)33-20(17)26-16(27)10-32-21(29)13-5-7-14-12(9-13)6-8-15(23)25-14/h5-9H,4,10H2,1-3H3,(H,24,28)(H,26,27). The molecule has 2 N–H and O–H groups in total. The molecule has 11 heteroatoms. The Hall–Kier alpha value is -3.50. The Labute approximate surface area is 198 Å². The molecule has 2 aromatic heterocycles. The van der Waals surface area contributed by atoms with Crippen LogP contribution in [0, 0.1) is 6.92 Å². The van der Waals surface area contributed by atoms with E-state index in [0.717, 1.165) is 11.3 Å². The highest BCUT2D eigenvalue weighted by Crippen LogP contribution is 2.33. The van der Waals surface area contributed by atoms with Crippen LogP contribution < -0.4 is 10.6 Å². The fourth-order valence-electron chi connectivity index (χ4n) is 2.99. The van der Waals surface area contributed by atoms with Crippen LogP contribution in [0.2, 0.25) is 5.15 Å². The number of benzene rings is 1. The van der Waals surface area contributed by atoms with E-state index in [-0.39, 0.29) is 27.6 Å². The van der Waals surface area contributed by atoms with Crippen molar-refractivity contribution in [3.8, 4) is 0 Å². The van der Waals surface area contributed by atoms with Crippen molar-refractivity contribution in [2.24, 2.45) is 0 Å². The van der Waals surface area contributed by atoms with Gasteiger partial charge in [-0.25, -0.2) is 14.6 Å². The number of hydrogen-bond acceptors (Lipinski definition) is 8. The Balaban J connectivity index is 1.72. The maximum atomic E-state index is 12.4. The Morgan fingerprint density at radius 2 is 1.85 bits per heavy atom. The number of rotatable bonds is 7.